The first kappa shape index (κ1) is 13.3. The lowest BCUT2D eigenvalue weighted by Gasteiger charge is -2.22. The monoisotopic (exact) mass is 312 g/mol. The molecule has 0 aliphatic carbocycles. The number of methoxy groups -OCH3 is 1. The van der Waals surface area contributed by atoms with Gasteiger partial charge in [0.2, 0.25) is 0 Å². The molecule has 0 saturated heterocycles. The standard InChI is InChI=1S/C12H17BrN4O/c1-8(2)9(7-18-3)15-11-12-14-4-5-17(12)6-10(13)16-11/h4-6,8-9H,7H2,1-3H3,(H,15,16). The summed E-state index contributed by atoms with van der Waals surface area (Å²) in [7, 11) is 1.70. The minimum absolute atomic E-state index is 0.206. The molecule has 0 fully saturated rings. The molecule has 98 valence electrons. The van der Waals surface area contributed by atoms with Crippen LogP contribution in [0.3, 0.4) is 0 Å². The van der Waals surface area contributed by atoms with Crippen molar-refractivity contribution in [2.45, 2.75) is 19.9 Å². The molecule has 1 N–H and O–H groups in total. The molecule has 0 aromatic carbocycles. The van der Waals surface area contributed by atoms with E-state index in [0.29, 0.717) is 12.5 Å². The molecule has 0 radical (unpaired) electrons. The predicted molar refractivity (Wildman–Crippen MR) is 74.8 cm³/mol. The molecule has 2 aromatic heterocycles. The van der Waals surface area contributed by atoms with Crippen molar-refractivity contribution in [2.75, 3.05) is 19.0 Å². The van der Waals surface area contributed by atoms with Gasteiger partial charge in [0.15, 0.2) is 11.5 Å². The zero-order chi connectivity index (χ0) is 13.1. The van der Waals surface area contributed by atoms with Crippen molar-refractivity contribution in [1.29, 1.82) is 0 Å². The van der Waals surface area contributed by atoms with Crippen LogP contribution in [0.2, 0.25) is 0 Å². The third kappa shape index (κ3) is 2.81. The van der Waals surface area contributed by atoms with Crippen LogP contribution >= 0.6 is 15.9 Å². The Balaban J connectivity index is 2.32. The van der Waals surface area contributed by atoms with Gasteiger partial charge in [0, 0.05) is 25.7 Å². The van der Waals surface area contributed by atoms with Crippen LogP contribution in [0.5, 0.6) is 0 Å². The smallest absolute Gasteiger partial charge is 0.180 e. The molecule has 5 nitrogen and oxygen atoms in total. The number of hydrogen-bond donors (Lipinski definition) is 1. The number of fused-ring (bicyclic) bond motifs is 1. The lowest BCUT2D eigenvalue weighted by molar-refractivity contribution is 0.171. The Labute approximate surface area is 115 Å². The highest BCUT2D eigenvalue weighted by Crippen LogP contribution is 2.19. The summed E-state index contributed by atoms with van der Waals surface area (Å²) in [6, 6.07) is 0.206. The number of nitrogens with zero attached hydrogens (tertiary/aromatic N) is 3. The summed E-state index contributed by atoms with van der Waals surface area (Å²) in [6.07, 6.45) is 5.54. The SMILES string of the molecule is COCC(Nc1nc(Br)cn2ccnc12)C(C)C. The van der Waals surface area contributed by atoms with Crippen LogP contribution in [0.1, 0.15) is 13.8 Å². The molecule has 0 spiro atoms. The normalized spacial score (nSPS) is 13.2. The van der Waals surface area contributed by atoms with Gasteiger partial charge in [-0.1, -0.05) is 13.8 Å². The lowest BCUT2D eigenvalue weighted by Crippen LogP contribution is -2.31. The van der Waals surface area contributed by atoms with Gasteiger partial charge in [0.1, 0.15) is 4.60 Å². The largest absolute Gasteiger partial charge is 0.383 e. The van der Waals surface area contributed by atoms with E-state index in [-0.39, 0.29) is 6.04 Å². The summed E-state index contributed by atoms with van der Waals surface area (Å²) in [4.78, 5) is 8.75. The summed E-state index contributed by atoms with van der Waals surface area (Å²) in [5, 5.41) is 3.40. The highest BCUT2D eigenvalue weighted by Gasteiger charge is 2.16. The third-order valence-electron chi connectivity index (χ3n) is 2.82. The first-order valence-electron chi connectivity index (χ1n) is 5.86. The number of rotatable bonds is 5. The van der Waals surface area contributed by atoms with Gasteiger partial charge in [-0.3, -0.25) is 0 Å². The number of anilines is 1. The number of imidazole rings is 1. The second-order valence-corrected chi connectivity index (χ2v) is 5.33. The summed E-state index contributed by atoms with van der Waals surface area (Å²) < 4.78 is 7.94. The van der Waals surface area contributed by atoms with Crippen LogP contribution in [0.25, 0.3) is 5.65 Å². The zero-order valence-electron chi connectivity index (χ0n) is 10.7. The summed E-state index contributed by atoms with van der Waals surface area (Å²) in [6.45, 7) is 4.94. The molecule has 2 rings (SSSR count). The van der Waals surface area contributed by atoms with E-state index >= 15 is 0 Å². The van der Waals surface area contributed by atoms with Crippen molar-refractivity contribution >= 4 is 27.4 Å². The maximum absolute atomic E-state index is 5.23. The molecular formula is C12H17BrN4O. The summed E-state index contributed by atoms with van der Waals surface area (Å²) >= 11 is 3.40. The number of aromatic nitrogens is 3. The maximum Gasteiger partial charge on any atom is 0.180 e. The van der Waals surface area contributed by atoms with Crippen LogP contribution < -0.4 is 5.32 Å². The van der Waals surface area contributed by atoms with E-state index in [1.807, 2.05) is 16.8 Å². The molecule has 18 heavy (non-hydrogen) atoms. The van der Waals surface area contributed by atoms with Crippen LogP contribution in [-0.2, 0) is 4.74 Å². The van der Waals surface area contributed by atoms with Crippen molar-refractivity contribution in [1.82, 2.24) is 14.4 Å². The van der Waals surface area contributed by atoms with Crippen molar-refractivity contribution in [3.8, 4) is 0 Å². The molecule has 1 unspecified atom stereocenters. The Kier molecular flexibility index (Phi) is 4.19. The highest BCUT2D eigenvalue weighted by atomic mass is 79.9. The molecule has 0 saturated carbocycles. The Hall–Kier alpha value is -1.14. The molecule has 2 aromatic rings. The van der Waals surface area contributed by atoms with Crippen LogP contribution in [-0.4, -0.2) is 34.1 Å². The van der Waals surface area contributed by atoms with Gasteiger partial charge in [-0.05, 0) is 21.8 Å². The molecule has 0 amide bonds. The van der Waals surface area contributed by atoms with E-state index in [1.54, 1.807) is 13.3 Å². The molecule has 1 atom stereocenters. The van der Waals surface area contributed by atoms with Gasteiger partial charge in [-0.15, -0.1) is 0 Å². The highest BCUT2D eigenvalue weighted by molar-refractivity contribution is 9.10. The lowest BCUT2D eigenvalue weighted by atomic mass is 10.1. The van der Waals surface area contributed by atoms with Crippen molar-refractivity contribution in [3.05, 3.63) is 23.2 Å². The first-order chi connectivity index (χ1) is 8.61. The fourth-order valence-corrected chi connectivity index (χ4v) is 2.15. The van der Waals surface area contributed by atoms with Crippen molar-refractivity contribution in [2.24, 2.45) is 5.92 Å². The van der Waals surface area contributed by atoms with Crippen molar-refractivity contribution in [3.63, 3.8) is 0 Å². The first-order valence-corrected chi connectivity index (χ1v) is 6.65. The topological polar surface area (TPSA) is 51.5 Å². The van der Waals surface area contributed by atoms with Gasteiger partial charge in [0.05, 0.1) is 12.6 Å². The van der Waals surface area contributed by atoms with E-state index in [1.165, 1.54) is 0 Å². The number of nitrogens with one attached hydrogen (secondary N) is 1. The van der Waals surface area contributed by atoms with E-state index in [0.717, 1.165) is 16.1 Å². The van der Waals surface area contributed by atoms with E-state index in [4.69, 9.17) is 4.74 Å². The Morgan fingerprint density at radius 3 is 2.94 bits per heavy atom. The van der Waals surface area contributed by atoms with Crippen LogP contribution in [0.15, 0.2) is 23.2 Å². The average Bonchev–Trinajstić information content (AvgIpc) is 2.76. The molecular weight excluding hydrogens is 296 g/mol. The fraction of sp³-hybridized carbons (Fsp3) is 0.500. The van der Waals surface area contributed by atoms with Gasteiger partial charge in [-0.25, -0.2) is 9.97 Å². The Bertz CT molecular complexity index is 526. The molecule has 2 heterocycles. The van der Waals surface area contributed by atoms with Gasteiger partial charge in [-0.2, -0.15) is 0 Å². The molecule has 6 heteroatoms. The van der Waals surface area contributed by atoms with Gasteiger partial charge in [0.25, 0.3) is 0 Å². The molecule has 0 aliphatic rings. The summed E-state index contributed by atoms with van der Waals surface area (Å²) in [5.41, 5.74) is 0.819. The quantitative estimate of drug-likeness (QED) is 0.922. The van der Waals surface area contributed by atoms with E-state index in [2.05, 4.69) is 45.1 Å². The maximum atomic E-state index is 5.23. The van der Waals surface area contributed by atoms with Gasteiger partial charge >= 0.3 is 0 Å². The minimum Gasteiger partial charge on any atom is -0.383 e. The molecule has 0 aliphatic heterocycles. The Morgan fingerprint density at radius 2 is 2.28 bits per heavy atom. The predicted octanol–water partition coefficient (Wildman–Crippen LogP) is 2.57. The third-order valence-corrected chi connectivity index (χ3v) is 3.20. The van der Waals surface area contributed by atoms with Crippen molar-refractivity contribution < 1.29 is 4.74 Å². The number of halogens is 1. The van der Waals surface area contributed by atoms with E-state index in [9.17, 15) is 0 Å². The number of ether oxygens (including phenoxy) is 1. The molecule has 0 bridgehead atoms. The zero-order valence-corrected chi connectivity index (χ0v) is 12.3. The van der Waals surface area contributed by atoms with Crippen LogP contribution in [0.4, 0.5) is 5.82 Å². The average molecular weight is 313 g/mol. The Morgan fingerprint density at radius 1 is 1.50 bits per heavy atom. The van der Waals surface area contributed by atoms with Gasteiger partial charge < -0.3 is 14.5 Å². The fourth-order valence-electron chi connectivity index (χ4n) is 1.75. The van der Waals surface area contributed by atoms with Crippen LogP contribution in [0, 0.1) is 5.92 Å². The van der Waals surface area contributed by atoms with E-state index < -0.39 is 0 Å². The second kappa shape index (κ2) is 5.67. The minimum atomic E-state index is 0.206. The number of hydrogen-bond acceptors (Lipinski definition) is 4. The second-order valence-electron chi connectivity index (χ2n) is 4.52. The summed E-state index contributed by atoms with van der Waals surface area (Å²) in [5.74, 6) is 1.21.